The maximum atomic E-state index is 12.5. The average Bonchev–Trinajstić information content (AvgIpc) is 3.37. The average molecular weight is 461 g/mol. The van der Waals surface area contributed by atoms with E-state index in [2.05, 4.69) is 15.4 Å². The predicted molar refractivity (Wildman–Crippen MR) is 124 cm³/mol. The maximum Gasteiger partial charge on any atom is 0.267 e. The molecule has 174 valence electrons. The molecule has 1 aromatic carbocycles. The molecule has 0 unspecified atom stereocenters. The largest absolute Gasteiger partial charge is 0.494 e. The van der Waals surface area contributed by atoms with Crippen molar-refractivity contribution in [3.63, 3.8) is 0 Å². The van der Waals surface area contributed by atoms with Crippen LogP contribution in [0, 0.1) is 0 Å². The summed E-state index contributed by atoms with van der Waals surface area (Å²) in [5, 5.41) is 6.86. The summed E-state index contributed by atoms with van der Waals surface area (Å²) >= 11 is 0. The topological polar surface area (TPSA) is 121 Å². The lowest BCUT2D eigenvalue weighted by molar-refractivity contribution is -0.121. The van der Waals surface area contributed by atoms with Crippen LogP contribution in [0.3, 0.4) is 0 Å². The number of nitrogens with one attached hydrogen (secondary N) is 1. The van der Waals surface area contributed by atoms with Gasteiger partial charge in [-0.05, 0) is 49.4 Å². The number of nitrogens with zero attached hydrogens (tertiary/aromatic N) is 4. The second-order valence-corrected chi connectivity index (χ2v) is 7.30. The first kappa shape index (κ1) is 22.7. The molecule has 0 fully saturated rings. The van der Waals surface area contributed by atoms with E-state index in [0.29, 0.717) is 23.8 Å². The monoisotopic (exact) mass is 461 g/mol. The van der Waals surface area contributed by atoms with Crippen LogP contribution in [0.4, 0.5) is 0 Å². The first-order valence-electron chi connectivity index (χ1n) is 10.7. The number of rotatable bonds is 9. The molecule has 1 amide bonds. The van der Waals surface area contributed by atoms with E-state index in [-0.39, 0.29) is 25.2 Å². The summed E-state index contributed by atoms with van der Waals surface area (Å²) in [4.78, 5) is 41.2. The number of hydrogen-bond donors (Lipinski definition) is 1. The van der Waals surface area contributed by atoms with Crippen LogP contribution in [-0.2, 0) is 17.9 Å². The van der Waals surface area contributed by atoms with Gasteiger partial charge in [0.05, 0.1) is 24.9 Å². The number of hydrogen-bond acceptors (Lipinski definition) is 7. The van der Waals surface area contributed by atoms with Gasteiger partial charge in [0, 0.05) is 30.8 Å². The summed E-state index contributed by atoms with van der Waals surface area (Å²) in [5.41, 5.74) is 1.15. The number of aromatic nitrogens is 4. The lowest BCUT2D eigenvalue weighted by Gasteiger charge is -2.09. The Bertz CT molecular complexity index is 1370. The number of benzene rings is 1. The molecule has 10 nitrogen and oxygen atoms in total. The van der Waals surface area contributed by atoms with Gasteiger partial charge in [0.2, 0.25) is 5.91 Å². The number of ether oxygens (including phenoxy) is 1. The molecule has 3 aromatic heterocycles. The summed E-state index contributed by atoms with van der Waals surface area (Å²) in [6.07, 6.45) is 2.94. The fraction of sp³-hybridized carbons (Fsp3) is 0.208. The van der Waals surface area contributed by atoms with E-state index in [1.807, 2.05) is 31.2 Å². The Morgan fingerprint density at radius 3 is 2.59 bits per heavy atom. The van der Waals surface area contributed by atoms with E-state index in [1.54, 1.807) is 12.1 Å². The summed E-state index contributed by atoms with van der Waals surface area (Å²) in [7, 11) is 0. The molecule has 4 aromatic rings. The van der Waals surface area contributed by atoms with Crippen LogP contribution >= 0.6 is 0 Å². The van der Waals surface area contributed by atoms with Crippen LogP contribution in [0.2, 0.25) is 0 Å². The van der Waals surface area contributed by atoms with Crippen molar-refractivity contribution in [1.29, 1.82) is 0 Å². The van der Waals surface area contributed by atoms with Crippen LogP contribution in [0.25, 0.3) is 22.7 Å². The van der Waals surface area contributed by atoms with Gasteiger partial charge < -0.3 is 14.5 Å². The van der Waals surface area contributed by atoms with E-state index in [0.717, 1.165) is 16.0 Å². The highest BCUT2D eigenvalue weighted by Crippen LogP contribution is 2.19. The highest BCUT2D eigenvalue weighted by Gasteiger charge is 2.10. The normalized spacial score (nSPS) is 10.7. The van der Waals surface area contributed by atoms with Crippen LogP contribution in [0.1, 0.15) is 6.92 Å². The van der Waals surface area contributed by atoms with Crippen LogP contribution in [-0.4, -0.2) is 38.4 Å². The summed E-state index contributed by atoms with van der Waals surface area (Å²) in [6.45, 7) is 2.66. The third-order valence-corrected chi connectivity index (χ3v) is 4.95. The SMILES string of the molecule is CCOc1ccc(-c2cc(=O)n(CCNC(=O)Cn3nc(-c4ccco4)ccc3=O)cn2)cc1. The van der Waals surface area contributed by atoms with E-state index in [9.17, 15) is 14.4 Å². The Kier molecular flexibility index (Phi) is 6.97. The quantitative estimate of drug-likeness (QED) is 0.404. The van der Waals surface area contributed by atoms with Crippen molar-refractivity contribution in [2.45, 2.75) is 20.0 Å². The van der Waals surface area contributed by atoms with E-state index < -0.39 is 11.5 Å². The van der Waals surface area contributed by atoms with Gasteiger partial charge in [0.25, 0.3) is 11.1 Å². The molecule has 0 aliphatic heterocycles. The number of furan rings is 1. The fourth-order valence-corrected chi connectivity index (χ4v) is 3.27. The summed E-state index contributed by atoms with van der Waals surface area (Å²) in [5.74, 6) is 0.841. The van der Waals surface area contributed by atoms with E-state index in [1.165, 1.54) is 35.4 Å². The summed E-state index contributed by atoms with van der Waals surface area (Å²) < 4.78 is 13.2. The molecule has 10 heteroatoms. The second-order valence-electron chi connectivity index (χ2n) is 7.30. The third kappa shape index (κ3) is 5.47. The van der Waals surface area contributed by atoms with Crippen molar-refractivity contribution in [1.82, 2.24) is 24.6 Å². The first-order chi connectivity index (χ1) is 16.5. The van der Waals surface area contributed by atoms with Crippen LogP contribution in [0.15, 0.2) is 81.2 Å². The summed E-state index contributed by atoms with van der Waals surface area (Å²) in [6, 6.07) is 15.1. The third-order valence-electron chi connectivity index (χ3n) is 4.95. The number of amides is 1. The van der Waals surface area contributed by atoms with Crippen LogP contribution < -0.4 is 21.2 Å². The molecule has 0 atom stereocenters. The molecule has 4 rings (SSSR count). The van der Waals surface area contributed by atoms with Crippen molar-refractivity contribution in [3.05, 3.63) is 87.9 Å². The number of carbonyl (C=O) groups is 1. The van der Waals surface area contributed by atoms with Crippen LogP contribution in [0.5, 0.6) is 5.75 Å². The zero-order chi connectivity index (χ0) is 23.9. The lowest BCUT2D eigenvalue weighted by Crippen LogP contribution is -2.36. The van der Waals surface area contributed by atoms with Gasteiger partial charge in [-0.1, -0.05) is 0 Å². The zero-order valence-corrected chi connectivity index (χ0v) is 18.5. The second kappa shape index (κ2) is 10.4. The lowest BCUT2D eigenvalue weighted by atomic mass is 10.1. The fourth-order valence-electron chi connectivity index (χ4n) is 3.27. The highest BCUT2D eigenvalue weighted by atomic mass is 16.5. The Morgan fingerprint density at radius 2 is 1.88 bits per heavy atom. The minimum absolute atomic E-state index is 0.190. The Hall–Kier alpha value is -4.47. The standard InChI is InChI=1S/C24H23N5O5/c1-2-33-18-7-5-17(6-8-18)20-14-24(32)28(16-26-20)12-11-25-22(30)15-29-23(31)10-9-19(27-29)21-4-3-13-34-21/h3-10,13-14,16H,2,11-12,15H2,1H3,(H,25,30). The van der Waals surface area contributed by atoms with Crippen molar-refractivity contribution in [2.24, 2.45) is 0 Å². The molecule has 0 radical (unpaired) electrons. The van der Waals surface area contributed by atoms with Crippen molar-refractivity contribution >= 4 is 5.91 Å². The molecule has 0 aliphatic rings. The minimum Gasteiger partial charge on any atom is -0.494 e. The van der Waals surface area contributed by atoms with Gasteiger partial charge in [-0.25, -0.2) is 9.67 Å². The van der Waals surface area contributed by atoms with Gasteiger partial charge >= 0.3 is 0 Å². The molecule has 0 saturated carbocycles. The minimum atomic E-state index is -0.407. The molecule has 0 spiro atoms. The molecule has 0 aliphatic carbocycles. The van der Waals surface area contributed by atoms with Gasteiger partial charge in [-0.3, -0.25) is 19.0 Å². The van der Waals surface area contributed by atoms with E-state index >= 15 is 0 Å². The van der Waals surface area contributed by atoms with Crippen molar-refractivity contribution < 1.29 is 13.9 Å². The Balaban J connectivity index is 1.34. The van der Waals surface area contributed by atoms with Gasteiger partial charge in [0.15, 0.2) is 5.76 Å². The first-order valence-corrected chi connectivity index (χ1v) is 10.7. The number of carbonyl (C=O) groups excluding carboxylic acids is 1. The van der Waals surface area contributed by atoms with Gasteiger partial charge in [0.1, 0.15) is 18.0 Å². The predicted octanol–water partition coefficient (Wildman–Crippen LogP) is 1.94. The molecule has 3 heterocycles. The molecular formula is C24H23N5O5. The molecule has 0 saturated heterocycles. The van der Waals surface area contributed by atoms with E-state index in [4.69, 9.17) is 9.15 Å². The van der Waals surface area contributed by atoms with Crippen molar-refractivity contribution in [2.75, 3.05) is 13.2 Å². The molecular weight excluding hydrogens is 438 g/mol. The Labute approximate surface area is 194 Å². The van der Waals surface area contributed by atoms with Gasteiger partial charge in [-0.15, -0.1) is 0 Å². The maximum absolute atomic E-state index is 12.5. The Morgan fingerprint density at radius 1 is 1.06 bits per heavy atom. The molecule has 34 heavy (non-hydrogen) atoms. The zero-order valence-electron chi connectivity index (χ0n) is 18.5. The van der Waals surface area contributed by atoms with Gasteiger partial charge in [-0.2, -0.15) is 5.10 Å². The molecule has 0 bridgehead atoms. The highest BCUT2D eigenvalue weighted by molar-refractivity contribution is 5.75. The smallest absolute Gasteiger partial charge is 0.267 e. The molecule has 1 N–H and O–H groups in total. The van der Waals surface area contributed by atoms with Crippen molar-refractivity contribution in [3.8, 4) is 28.5 Å².